The average Bonchev–Trinajstić information content (AvgIpc) is 2.90. The molecule has 126 valence electrons. The summed E-state index contributed by atoms with van der Waals surface area (Å²) >= 11 is 1.57. The van der Waals surface area contributed by atoms with E-state index in [2.05, 4.69) is 10.9 Å². The molecule has 0 aliphatic heterocycles. The summed E-state index contributed by atoms with van der Waals surface area (Å²) in [6, 6.07) is 11.1. The zero-order valence-corrected chi connectivity index (χ0v) is 14.5. The Labute approximate surface area is 145 Å². The molecule has 5 nitrogen and oxygen atoms in total. The zero-order valence-electron chi connectivity index (χ0n) is 13.7. The van der Waals surface area contributed by atoms with E-state index in [0.29, 0.717) is 5.56 Å². The summed E-state index contributed by atoms with van der Waals surface area (Å²) in [6.07, 6.45) is 0.351. The molecule has 2 aromatic rings. The molecule has 0 radical (unpaired) electrons. The van der Waals surface area contributed by atoms with Crippen molar-refractivity contribution in [2.45, 2.75) is 33.1 Å². The van der Waals surface area contributed by atoms with E-state index in [1.54, 1.807) is 11.3 Å². The number of aryl methyl sites for hydroxylation is 2. The van der Waals surface area contributed by atoms with Crippen LogP contribution in [0.15, 0.2) is 36.4 Å². The topological polar surface area (TPSA) is 75.3 Å². The number of Topliss-reactive ketones (excluding diaryl/α,β-unsaturated/α-hetero) is 1. The normalized spacial score (nSPS) is 10.2. The SMILES string of the molecule is Cc1cc(C(=O)CCC(=O)NNC(=O)Cc2ccccc2)c(C)s1. The van der Waals surface area contributed by atoms with Gasteiger partial charge in [0.2, 0.25) is 11.8 Å². The van der Waals surface area contributed by atoms with Crippen molar-refractivity contribution in [3.63, 3.8) is 0 Å². The summed E-state index contributed by atoms with van der Waals surface area (Å²) in [5, 5.41) is 0. The van der Waals surface area contributed by atoms with Crippen LogP contribution in [0.3, 0.4) is 0 Å². The Morgan fingerprint density at radius 3 is 2.25 bits per heavy atom. The largest absolute Gasteiger partial charge is 0.294 e. The summed E-state index contributed by atoms with van der Waals surface area (Å²) in [6.45, 7) is 3.85. The van der Waals surface area contributed by atoms with Gasteiger partial charge in [-0.1, -0.05) is 30.3 Å². The van der Waals surface area contributed by atoms with Gasteiger partial charge in [-0.25, -0.2) is 0 Å². The number of thiophene rings is 1. The average molecular weight is 344 g/mol. The Bertz CT molecular complexity index is 738. The molecule has 1 aromatic carbocycles. The van der Waals surface area contributed by atoms with E-state index in [0.717, 1.165) is 15.3 Å². The lowest BCUT2D eigenvalue weighted by atomic mass is 10.1. The molecule has 6 heteroatoms. The number of hydrogen-bond donors (Lipinski definition) is 2. The van der Waals surface area contributed by atoms with Gasteiger partial charge in [0.25, 0.3) is 0 Å². The Balaban J connectivity index is 1.72. The lowest BCUT2D eigenvalue weighted by Gasteiger charge is -2.07. The number of nitrogens with one attached hydrogen (secondary N) is 2. The molecule has 0 saturated carbocycles. The van der Waals surface area contributed by atoms with E-state index < -0.39 is 0 Å². The van der Waals surface area contributed by atoms with E-state index >= 15 is 0 Å². The predicted molar refractivity (Wildman–Crippen MR) is 93.8 cm³/mol. The first-order valence-corrected chi connectivity index (χ1v) is 8.49. The van der Waals surface area contributed by atoms with Gasteiger partial charge in [-0.15, -0.1) is 11.3 Å². The van der Waals surface area contributed by atoms with Crippen LogP contribution >= 0.6 is 11.3 Å². The maximum Gasteiger partial charge on any atom is 0.242 e. The molecule has 2 amide bonds. The lowest BCUT2D eigenvalue weighted by Crippen LogP contribution is -2.42. The minimum absolute atomic E-state index is 0.0405. The maximum atomic E-state index is 12.1. The molecular weight excluding hydrogens is 324 g/mol. The van der Waals surface area contributed by atoms with Crippen LogP contribution in [0.1, 0.15) is 38.5 Å². The van der Waals surface area contributed by atoms with Crippen molar-refractivity contribution in [2.24, 2.45) is 0 Å². The number of rotatable bonds is 6. The first kappa shape index (κ1) is 17.9. The molecule has 0 fully saturated rings. The van der Waals surface area contributed by atoms with Crippen LogP contribution in [-0.2, 0) is 16.0 Å². The zero-order chi connectivity index (χ0) is 17.5. The molecule has 0 bridgehead atoms. The van der Waals surface area contributed by atoms with Crippen LogP contribution in [-0.4, -0.2) is 17.6 Å². The number of hydrazine groups is 1. The number of carbonyl (C=O) groups excluding carboxylic acids is 3. The minimum atomic E-state index is -0.380. The van der Waals surface area contributed by atoms with Crippen LogP contribution in [0.5, 0.6) is 0 Å². The van der Waals surface area contributed by atoms with Crippen LogP contribution in [0.2, 0.25) is 0 Å². The molecule has 0 spiro atoms. The number of amides is 2. The second kappa shape index (κ2) is 8.40. The molecular formula is C18H20N2O3S. The second-order valence-corrected chi connectivity index (χ2v) is 6.97. The third-order valence-electron chi connectivity index (χ3n) is 3.47. The molecule has 0 atom stereocenters. The number of carbonyl (C=O) groups is 3. The second-order valence-electron chi connectivity index (χ2n) is 5.51. The third-order valence-corrected chi connectivity index (χ3v) is 4.44. The summed E-state index contributed by atoms with van der Waals surface area (Å²) in [5.74, 6) is -0.734. The fourth-order valence-corrected chi connectivity index (χ4v) is 3.24. The van der Waals surface area contributed by atoms with Crippen molar-refractivity contribution >= 4 is 28.9 Å². The number of benzene rings is 1. The smallest absolute Gasteiger partial charge is 0.242 e. The Hall–Kier alpha value is -2.47. The molecule has 0 saturated heterocycles. The van der Waals surface area contributed by atoms with Crippen molar-refractivity contribution in [3.8, 4) is 0 Å². The molecule has 0 aliphatic carbocycles. The van der Waals surface area contributed by atoms with Crippen LogP contribution < -0.4 is 10.9 Å². The van der Waals surface area contributed by atoms with Gasteiger partial charge >= 0.3 is 0 Å². The quantitative estimate of drug-likeness (QED) is 0.625. The van der Waals surface area contributed by atoms with Crippen LogP contribution in [0.25, 0.3) is 0 Å². The molecule has 24 heavy (non-hydrogen) atoms. The highest BCUT2D eigenvalue weighted by Crippen LogP contribution is 2.22. The van der Waals surface area contributed by atoms with Crippen LogP contribution in [0.4, 0.5) is 0 Å². The lowest BCUT2D eigenvalue weighted by molar-refractivity contribution is -0.128. The highest BCUT2D eigenvalue weighted by Gasteiger charge is 2.14. The van der Waals surface area contributed by atoms with Crippen molar-refractivity contribution in [3.05, 3.63) is 57.3 Å². The van der Waals surface area contributed by atoms with Gasteiger partial charge < -0.3 is 0 Å². The number of hydrogen-bond acceptors (Lipinski definition) is 4. The van der Waals surface area contributed by atoms with Gasteiger partial charge in [-0.3, -0.25) is 25.2 Å². The summed E-state index contributed by atoms with van der Waals surface area (Å²) in [5.41, 5.74) is 6.25. The van der Waals surface area contributed by atoms with Crippen molar-refractivity contribution < 1.29 is 14.4 Å². The first-order chi connectivity index (χ1) is 11.5. The van der Waals surface area contributed by atoms with Gasteiger partial charge in [0, 0.05) is 28.2 Å². The van der Waals surface area contributed by atoms with E-state index in [1.165, 1.54) is 0 Å². The molecule has 2 rings (SSSR count). The Kier molecular flexibility index (Phi) is 6.26. The van der Waals surface area contributed by atoms with Crippen LogP contribution in [0, 0.1) is 13.8 Å². The molecule has 1 heterocycles. The Morgan fingerprint density at radius 2 is 1.62 bits per heavy atom. The summed E-state index contributed by atoms with van der Waals surface area (Å²) in [4.78, 5) is 37.6. The fraction of sp³-hybridized carbons (Fsp3) is 0.278. The molecule has 1 aromatic heterocycles. The van der Waals surface area contributed by atoms with Crippen molar-refractivity contribution in [1.29, 1.82) is 0 Å². The van der Waals surface area contributed by atoms with E-state index in [4.69, 9.17) is 0 Å². The number of ketones is 1. The van der Waals surface area contributed by atoms with Crippen molar-refractivity contribution in [1.82, 2.24) is 10.9 Å². The summed E-state index contributed by atoms with van der Waals surface area (Å²) < 4.78 is 0. The van der Waals surface area contributed by atoms with Gasteiger partial charge in [0.15, 0.2) is 5.78 Å². The van der Waals surface area contributed by atoms with Gasteiger partial charge in [0.05, 0.1) is 6.42 Å². The van der Waals surface area contributed by atoms with Crippen molar-refractivity contribution in [2.75, 3.05) is 0 Å². The molecule has 0 unspecified atom stereocenters. The van der Waals surface area contributed by atoms with Gasteiger partial charge in [0.1, 0.15) is 0 Å². The first-order valence-electron chi connectivity index (χ1n) is 7.67. The van der Waals surface area contributed by atoms with E-state index in [-0.39, 0.29) is 36.9 Å². The highest BCUT2D eigenvalue weighted by molar-refractivity contribution is 7.12. The monoisotopic (exact) mass is 344 g/mol. The maximum absolute atomic E-state index is 12.1. The van der Waals surface area contributed by atoms with E-state index in [9.17, 15) is 14.4 Å². The van der Waals surface area contributed by atoms with Gasteiger partial charge in [-0.05, 0) is 25.5 Å². The van der Waals surface area contributed by atoms with Gasteiger partial charge in [-0.2, -0.15) is 0 Å². The molecule has 0 aliphatic rings. The fourth-order valence-electron chi connectivity index (χ4n) is 2.30. The van der Waals surface area contributed by atoms with E-state index in [1.807, 2.05) is 50.2 Å². The Morgan fingerprint density at radius 1 is 0.958 bits per heavy atom. The summed E-state index contributed by atoms with van der Waals surface area (Å²) in [7, 11) is 0. The predicted octanol–water partition coefficient (Wildman–Crippen LogP) is 2.72. The highest BCUT2D eigenvalue weighted by atomic mass is 32.1. The third kappa shape index (κ3) is 5.31. The molecule has 2 N–H and O–H groups in total. The standard InChI is InChI=1S/C18H20N2O3S/c1-12-10-15(13(2)24-12)16(21)8-9-17(22)19-20-18(23)11-14-6-4-3-5-7-14/h3-7,10H,8-9,11H2,1-2H3,(H,19,22)(H,20,23). The minimum Gasteiger partial charge on any atom is -0.294 e.